The number of nitrogens with zero attached hydrogens (tertiary/aromatic N) is 3. The topological polar surface area (TPSA) is 42.7 Å². The van der Waals surface area contributed by atoms with Gasteiger partial charge in [0, 0.05) is 23.0 Å². The van der Waals surface area contributed by atoms with E-state index in [0.29, 0.717) is 6.04 Å². The molecule has 0 aliphatic carbocycles. The standard InChI is InChI=1S/C15H21BrN4/c1-10(2)20-15(18-9-19-20)8-14(17-4)12-5-6-13(16)11(3)7-12/h5-7,9-10,14,17H,8H2,1-4H3. The van der Waals surface area contributed by atoms with Crippen LogP contribution in [0.3, 0.4) is 0 Å². The minimum absolute atomic E-state index is 0.239. The second kappa shape index (κ2) is 6.50. The van der Waals surface area contributed by atoms with Gasteiger partial charge in [-0.15, -0.1) is 0 Å². The third-order valence-electron chi connectivity index (χ3n) is 3.46. The van der Waals surface area contributed by atoms with Crippen LogP contribution in [0.4, 0.5) is 0 Å². The highest BCUT2D eigenvalue weighted by atomic mass is 79.9. The molecule has 0 radical (unpaired) electrons. The monoisotopic (exact) mass is 336 g/mol. The Morgan fingerprint density at radius 2 is 2.10 bits per heavy atom. The molecule has 0 spiro atoms. The highest BCUT2D eigenvalue weighted by molar-refractivity contribution is 9.10. The fraction of sp³-hybridized carbons (Fsp3) is 0.467. The maximum absolute atomic E-state index is 4.39. The van der Waals surface area contributed by atoms with Crippen LogP contribution in [0.15, 0.2) is 29.0 Å². The van der Waals surface area contributed by atoms with E-state index in [9.17, 15) is 0 Å². The summed E-state index contributed by atoms with van der Waals surface area (Å²) < 4.78 is 3.12. The Hall–Kier alpha value is -1.20. The smallest absolute Gasteiger partial charge is 0.138 e. The zero-order valence-corrected chi connectivity index (χ0v) is 14.0. The molecule has 108 valence electrons. The Bertz CT molecular complexity index is 577. The molecule has 1 atom stereocenters. The van der Waals surface area contributed by atoms with Crippen LogP contribution in [0.25, 0.3) is 0 Å². The molecule has 0 aliphatic heterocycles. The summed E-state index contributed by atoms with van der Waals surface area (Å²) in [5, 5.41) is 7.67. The number of nitrogens with one attached hydrogen (secondary N) is 1. The van der Waals surface area contributed by atoms with Crippen LogP contribution in [-0.4, -0.2) is 21.8 Å². The third kappa shape index (κ3) is 3.27. The first kappa shape index (κ1) is 15.2. The van der Waals surface area contributed by atoms with E-state index in [1.807, 2.05) is 11.7 Å². The summed E-state index contributed by atoms with van der Waals surface area (Å²) in [6.45, 7) is 6.35. The Morgan fingerprint density at radius 3 is 2.70 bits per heavy atom. The molecule has 1 heterocycles. The van der Waals surface area contributed by atoms with Crippen molar-refractivity contribution in [2.45, 2.75) is 39.3 Å². The number of likely N-dealkylation sites (N-methyl/N-ethyl adjacent to an activating group) is 1. The highest BCUT2D eigenvalue weighted by Crippen LogP contribution is 2.23. The molecular weight excluding hydrogens is 316 g/mol. The summed E-state index contributed by atoms with van der Waals surface area (Å²) >= 11 is 3.54. The lowest BCUT2D eigenvalue weighted by atomic mass is 10.0. The molecular formula is C15H21BrN4. The van der Waals surface area contributed by atoms with E-state index in [4.69, 9.17) is 0 Å². The minimum atomic E-state index is 0.239. The lowest BCUT2D eigenvalue weighted by molar-refractivity contribution is 0.478. The zero-order valence-electron chi connectivity index (χ0n) is 12.4. The van der Waals surface area contributed by atoms with Gasteiger partial charge in [0.1, 0.15) is 12.2 Å². The SMILES string of the molecule is CNC(Cc1ncnn1C(C)C)c1ccc(Br)c(C)c1. The van der Waals surface area contributed by atoms with E-state index in [0.717, 1.165) is 16.7 Å². The Labute approximate surface area is 128 Å². The van der Waals surface area contributed by atoms with Crippen LogP contribution in [0, 0.1) is 6.92 Å². The van der Waals surface area contributed by atoms with Gasteiger partial charge in [0.25, 0.3) is 0 Å². The van der Waals surface area contributed by atoms with Gasteiger partial charge in [0.05, 0.1) is 0 Å². The molecule has 20 heavy (non-hydrogen) atoms. The molecule has 0 bridgehead atoms. The maximum atomic E-state index is 4.39. The lowest BCUT2D eigenvalue weighted by Crippen LogP contribution is -2.21. The summed E-state index contributed by atoms with van der Waals surface area (Å²) in [4.78, 5) is 4.39. The van der Waals surface area contributed by atoms with Crippen LogP contribution in [0.1, 0.15) is 42.9 Å². The van der Waals surface area contributed by atoms with Crippen LogP contribution in [0.5, 0.6) is 0 Å². The Morgan fingerprint density at radius 1 is 1.35 bits per heavy atom. The van der Waals surface area contributed by atoms with E-state index in [1.165, 1.54) is 11.1 Å². The van der Waals surface area contributed by atoms with Gasteiger partial charge < -0.3 is 5.32 Å². The summed E-state index contributed by atoms with van der Waals surface area (Å²) in [5.41, 5.74) is 2.51. The quantitative estimate of drug-likeness (QED) is 0.909. The van der Waals surface area contributed by atoms with Gasteiger partial charge in [-0.05, 0) is 45.0 Å². The Balaban J connectivity index is 2.24. The van der Waals surface area contributed by atoms with Crippen molar-refractivity contribution >= 4 is 15.9 Å². The summed E-state index contributed by atoms with van der Waals surface area (Å²) in [5.74, 6) is 1.01. The molecule has 0 saturated heterocycles. The van der Waals surface area contributed by atoms with Gasteiger partial charge in [-0.2, -0.15) is 5.10 Å². The normalized spacial score (nSPS) is 12.9. The van der Waals surface area contributed by atoms with Crippen molar-refractivity contribution in [1.82, 2.24) is 20.1 Å². The van der Waals surface area contributed by atoms with E-state index in [2.05, 4.69) is 70.3 Å². The van der Waals surface area contributed by atoms with Gasteiger partial charge in [-0.1, -0.05) is 28.1 Å². The average Bonchev–Trinajstić information content (AvgIpc) is 2.87. The van der Waals surface area contributed by atoms with E-state index in [1.54, 1.807) is 6.33 Å². The first-order valence-corrected chi connectivity index (χ1v) is 7.64. The van der Waals surface area contributed by atoms with Crippen LogP contribution >= 0.6 is 15.9 Å². The number of halogens is 1. The molecule has 1 aromatic carbocycles. The third-order valence-corrected chi connectivity index (χ3v) is 4.35. The second-order valence-corrected chi connectivity index (χ2v) is 6.12. The van der Waals surface area contributed by atoms with Crippen LogP contribution in [-0.2, 0) is 6.42 Å². The minimum Gasteiger partial charge on any atom is -0.313 e. The lowest BCUT2D eigenvalue weighted by Gasteiger charge is -2.18. The molecule has 5 heteroatoms. The predicted molar refractivity (Wildman–Crippen MR) is 84.8 cm³/mol. The number of hydrogen-bond donors (Lipinski definition) is 1. The molecule has 0 amide bonds. The van der Waals surface area contributed by atoms with Crippen molar-refractivity contribution in [2.75, 3.05) is 7.05 Å². The molecule has 4 nitrogen and oxygen atoms in total. The van der Waals surface area contributed by atoms with E-state index in [-0.39, 0.29) is 6.04 Å². The van der Waals surface area contributed by atoms with Gasteiger partial charge in [-0.25, -0.2) is 9.67 Å². The average molecular weight is 337 g/mol. The summed E-state index contributed by atoms with van der Waals surface area (Å²) in [6.07, 6.45) is 2.46. The van der Waals surface area contributed by atoms with Crippen molar-refractivity contribution in [2.24, 2.45) is 0 Å². The molecule has 1 aromatic heterocycles. The fourth-order valence-electron chi connectivity index (χ4n) is 2.31. The number of hydrogen-bond acceptors (Lipinski definition) is 3. The maximum Gasteiger partial charge on any atom is 0.138 e. The van der Waals surface area contributed by atoms with Crippen molar-refractivity contribution in [1.29, 1.82) is 0 Å². The van der Waals surface area contributed by atoms with Gasteiger partial charge in [-0.3, -0.25) is 0 Å². The number of rotatable bonds is 5. The molecule has 0 fully saturated rings. The fourth-order valence-corrected chi connectivity index (χ4v) is 2.55. The number of aromatic nitrogens is 3. The van der Waals surface area contributed by atoms with Crippen molar-refractivity contribution < 1.29 is 0 Å². The van der Waals surface area contributed by atoms with E-state index < -0.39 is 0 Å². The van der Waals surface area contributed by atoms with Gasteiger partial charge in [0.15, 0.2) is 0 Å². The van der Waals surface area contributed by atoms with Crippen molar-refractivity contribution in [3.8, 4) is 0 Å². The summed E-state index contributed by atoms with van der Waals surface area (Å²) in [6, 6.07) is 7.03. The van der Waals surface area contributed by atoms with E-state index >= 15 is 0 Å². The molecule has 1 N–H and O–H groups in total. The highest BCUT2D eigenvalue weighted by Gasteiger charge is 2.16. The summed E-state index contributed by atoms with van der Waals surface area (Å²) in [7, 11) is 1.98. The number of benzene rings is 1. The molecule has 2 aromatic rings. The Kier molecular flexibility index (Phi) is 4.94. The molecule has 0 saturated carbocycles. The predicted octanol–water partition coefficient (Wildman–Crippen LogP) is 3.43. The van der Waals surface area contributed by atoms with Gasteiger partial charge >= 0.3 is 0 Å². The molecule has 2 rings (SSSR count). The van der Waals surface area contributed by atoms with Gasteiger partial charge in [0.2, 0.25) is 0 Å². The van der Waals surface area contributed by atoms with Crippen molar-refractivity contribution in [3.63, 3.8) is 0 Å². The number of aryl methyl sites for hydroxylation is 1. The zero-order chi connectivity index (χ0) is 14.7. The first-order valence-electron chi connectivity index (χ1n) is 6.84. The molecule has 1 unspecified atom stereocenters. The van der Waals surface area contributed by atoms with Crippen LogP contribution in [0.2, 0.25) is 0 Å². The van der Waals surface area contributed by atoms with Crippen molar-refractivity contribution in [3.05, 3.63) is 46.0 Å². The second-order valence-electron chi connectivity index (χ2n) is 5.27. The van der Waals surface area contributed by atoms with Crippen LogP contribution < -0.4 is 5.32 Å². The molecule has 0 aliphatic rings. The largest absolute Gasteiger partial charge is 0.313 e. The first-order chi connectivity index (χ1) is 9.52.